The van der Waals surface area contributed by atoms with Crippen LogP contribution in [0.15, 0.2) is 24.3 Å². The minimum absolute atomic E-state index is 0.129. The molecule has 3 aliphatic heterocycles. The van der Waals surface area contributed by atoms with Gasteiger partial charge in [-0.3, -0.25) is 34.6 Å². The lowest BCUT2D eigenvalue weighted by Gasteiger charge is -2.34. The van der Waals surface area contributed by atoms with Crippen LogP contribution in [0.1, 0.15) is 23.6 Å². The van der Waals surface area contributed by atoms with Crippen molar-refractivity contribution >= 4 is 11.8 Å². The van der Waals surface area contributed by atoms with Gasteiger partial charge in [0, 0.05) is 45.8 Å². The second-order valence-corrected chi connectivity index (χ2v) is 8.91. The number of hydrogen-bond donors (Lipinski definition) is 3. The number of piperazine rings is 2. The van der Waals surface area contributed by atoms with Crippen molar-refractivity contribution < 1.29 is 19.3 Å². The lowest BCUT2D eigenvalue weighted by molar-refractivity contribution is -0.539. The Morgan fingerprint density at radius 3 is 2.42 bits per heavy atom. The maximum Gasteiger partial charge on any atom is 0.317 e. The molecule has 0 saturated carbocycles. The molecular weight excluding hydrogens is 396 g/mol. The third kappa shape index (κ3) is 5.81. The maximum atomic E-state index is 10.9. The summed E-state index contributed by atoms with van der Waals surface area (Å²) in [6, 6.07) is 8.69. The fourth-order valence-electron chi connectivity index (χ4n) is 4.58. The molecule has 3 saturated heterocycles. The van der Waals surface area contributed by atoms with Crippen LogP contribution in [0.25, 0.3) is 0 Å². The third-order valence-electron chi connectivity index (χ3n) is 6.61. The molecule has 0 aliphatic carbocycles. The molecule has 4 rings (SSSR count). The summed E-state index contributed by atoms with van der Waals surface area (Å²) in [4.78, 5) is 23.4. The molecule has 1 aromatic carbocycles. The van der Waals surface area contributed by atoms with Gasteiger partial charge >= 0.3 is 5.97 Å². The van der Waals surface area contributed by atoms with Crippen LogP contribution >= 0.6 is 0 Å². The molecule has 3 fully saturated rings. The number of carbonyl (C=O) groups is 1. The molecule has 0 bridgehead atoms. The Morgan fingerprint density at radius 2 is 1.77 bits per heavy atom. The van der Waals surface area contributed by atoms with Gasteiger partial charge < -0.3 is 5.11 Å². The number of aliphatic carboxylic acids is 1. The normalized spacial score (nSPS) is 26.3. The lowest BCUT2D eigenvalue weighted by atomic mass is 10.0. The number of nitrogens with two attached hydrogens (primary N) is 1. The molecule has 3 heterocycles. The fourth-order valence-corrected chi connectivity index (χ4v) is 4.58. The van der Waals surface area contributed by atoms with E-state index in [4.69, 9.17) is 15.7 Å². The largest absolute Gasteiger partial charge is 0.480 e. The number of carboxylic acids is 1. The first-order valence-electron chi connectivity index (χ1n) is 11.2. The highest BCUT2D eigenvalue weighted by Gasteiger charge is 2.30. The van der Waals surface area contributed by atoms with Crippen molar-refractivity contribution in [3.8, 4) is 0 Å². The molecule has 9 heteroatoms. The second-order valence-electron chi connectivity index (χ2n) is 8.91. The van der Waals surface area contributed by atoms with Crippen molar-refractivity contribution in [2.45, 2.75) is 18.6 Å². The van der Waals surface area contributed by atoms with Gasteiger partial charge in [0.1, 0.15) is 0 Å². The number of nitrogens with zero attached hydrogens (tertiary/aromatic N) is 4. The molecule has 4 N–H and O–H groups in total. The van der Waals surface area contributed by atoms with Gasteiger partial charge in [0.05, 0.1) is 37.3 Å². The zero-order valence-electron chi connectivity index (χ0n) is 18.4. The highest BCUT2D eigenvalue weighted by atomic mass is 16.7. The molecule has 0 aromatic heterocycles. The Morgan fingerprint density at radius 1 is 1.13 bits per heavy atom. The summed E-state index contributed by atoms with van der Waals surface area (Å²) in [6.45, 7) is 8.36. The van der Waals surface area contributed by atoms with E-state index in [-0.39, 0.29) is 18.7 Å². The molecule has 31 heavy (non-hydrogen) atoms. The van der Waals surface area contributed by atoms with Crippen LogP contribution in [0.5, 0.6) is 0 Å². The van der Waals surface area contributed by atoms with E-state index in [0.29, 0.717) is 0 Å². The SMILES string of the molecule is CN1CC[N+](=C(N)c2ccc(C3C[C@@H](CN4CCN(CC(=O)O)CC4)ON3)cc2)CC1. The van der Waals surface area contributed by atoms with Gasteiger partial charge in [0.15, 0.2) is 0 Å². The lowest BCUT2D eigenvalue weighted by Crippen LogP contribution is -2.49. The van der Waals surface area contributed by atoms with Crippen molar-refractivity contribution in [3.63, 3.8) is 0 Å². The molecule has 3 aliphatic rings. The van der Waals surface area contributed by atoms with Crippen molar-refractivity contribution in [2.24, 2.45) is 5.73 Å². The van der Waals surface area contributed by atoms with Crippen LogP contribution in [0, 0.1) is 0 Å². The molecule has 0 spiro atoms. The zero-order valence-corrected chi connectivity index (χ0v) is 18.4. The van der Waals surface area contributed by atoms with Gasteiger partial charge in [0.2, 0.25) is 0 Å². The number of carboxylic acid groups (broad SMARTS) is 1. The Labute approximate surface area is 184 Å². The minimum atomic E-state index is -0.756. The zero-order chi connectivity index (χ0) is 21.8. The Bertz CT molecular complexity index is 781. The van der Waals surface area contributed by atoms with E-state index >= 15 is 0 Å². The van der Waals surface area contributed by atoms with E-state index in [9.17, 15) is 4.79 Å². The molecule has 170 valence electrons. The monoisotopic (exact) mass is 431 g/mol. The average Bonchev–Trinajstić information content (AvgIpc) is 3.23. The van der Waals surface area contributed by atoms with Crippen molar-refractivity contribution in [1.29, 1.82) is 0 Å². The smallest absolute Gasteiger partial charge is 0.317 e. The Balaban J connectivity index is 1.27. The van der Waals surface area contributed by atoms with Crippen LogP contribution in [0.2, 0.25) is 0 Å². The fraction of sp³-hybridized carbons (Fsp3) is 0.636. The van der Waals surface area contributed by atoms with Crippen LogP contribution in [-0.2, 0) is 9.63 Å². The summed E-state index contributed by atoms with van der Waals surface area (Å²) in [5.41, 5.74) is 11.9. The van der Waals surface area contributed by atoms with Gasteiger partial charge in [0.25, 0.3) is 5.84 Å². The maximum absolute atomic E-state index is 10.9. The summed E-state index contributed by atoms with van der Waals surface area (Å²) in [5.74, 6) is 0.101. The average molecular weight is 432 g/mol. The molecule has 2 atom stereocenters. The number of hydroxylamine groups is 1. The quantitative estimate of drug-likeness (QED) is 0.405. The van der Waals surface area contributed by atoms with Gasteiger partial charge in [-0.1, -0.05) is 12.1 Å². The second kappa shape index (κ2) is 10.1. The first-order chi connectivity index (χ1) is 15.0. The summed E-state index contributed by atoms with van der Waals surface area (Å²) in [7, 11) is 2.14. The number of hydrogen-bond acceptors (Lipinski definition) is 6. The van der Waals surface area contributed by atoms with Crippen molar-refractivity contribution in [1.82, 2.24) is 20.2 Å². The summed E-state index contributed by atoms with van der Waals surface area (Å²) < 4.78 is 2.26. The van der Waals surface area contributed by atoms with E-state index < -0.39 is 5.97 Å². The number of amidine groups is 1. The molecule has 1 aromatic rings. The van der Waals surface area contributed by atoms with Crippen molar-refractivity contribution in [2.75, 3.05) is 72.5 Å². The van der Waals surface area contributed by atoms with Gasteiger partial charge in [-0.2, -0.15) is 5.48 Å². The van der Waals surface area contributed by atoms with Crippen LogP contribution < -0.4 is 11.2 Å². The van der Waals surface area contributed by atoms with Crippen LogP contribution in [-0.4, -0.2) is 115 Å². The number of likely N-dealkylation sites (N-methyl/N-ethyl adjacent to an activating group) is 1. The van der Waals surface area contributed by atoms with E-state index in [1.807, 2.05) is 4.90 Å². The third-order valence-corrected chi connectivity index (χ3v) is 6.61. The predicted octanol–water partition coefficient (Wildman–Crippen LogP) is -0.613. The van der Waals surface area contributed by atoms with Crippen LogP contribution in [0.4, 0.5) is 0 Å². The van der Waals surface area contributed by atoms with E-state index in [0.717, 1.165) is 76.7 Å². The molecule has 1 unspecified atom stereocenters. The van der Waals surface area contributed by atoms with Gasteiger partial charge in [-0.15, -0.1) is 0 Å². The van der Waals surface area contributed by atoms with Gasteiger partial charge in [-0.05, 0) is 31.2 Å². The summed E-state index contributed by atoms with van der Waals surface area (Å²) >= 11 is 0. The van der Waals surface area contributed by atoms with E-state index in [1.165, 1.54) is 5.56 Å². The molecular formula is C22H35N6O3+. The summed E-state index contributed by atoms with van der Waals surface area (Å²) in [5, 5.41) is 8.93. The Hall–Kier alpha value is -2.04. The minimum Gasteiger partial charge on any atom is -0.480 e. The molecule has 0 amide bonds. The van der Waals surface area contributed by atoms with Crippen LogP contribution in [0.3, 0.4) is 0 Å². The topological polar surface area (TPSA) is 97.3 Å². The van der Waals surface area contributed by atoms with Crippen molar-refractivity contribution in [3.05, 3.63) is 35.4 Å². The highest BCUT2D eigenvalue weighted by Crippen LogP contribution is 2.26. The van der Waals surface area contributed by atoms with E-state index in [2.05, 4.69) is 51.2 Å². The summed E-state index contributed by atoms with van der Waals surface area (Å²) in [6.07, 6.45) is 1.06. The molecule has 0 radical (unpaired) electrons. The predicted molar refractivity (Wildman–Crippen MR) is 118 cm³/mol. The van der Waals surface area contributed by atoms with Gasteiger partial charge in [-0.25, -0.2) is 0 Å². The highest BCUT2D eigenvalue weighted by molar-refractivity contribution is 5.93. The number of benzene rings is 1. The first kappa shape index (κ1) is 22.2. The standard InChI is InChI=1S/C22H34N6O3/c1-25-6-12-28(13-7-25)22(23)18-4-2-17(3-5-18)20-14-19(31-24-20)15-26-8-10-27(11-9-26)16-21(29)30/h2-5,19-20,23-24H,6-16H2,1H3,(H,29,30)/p+1/t19-,20?/m0/s1. The number of nitrogens with one attached hydrogen (secondary N) is 1. The van der Waals surface area contributed by atoms with E-state index in [1.54, 1.807) is 0 Å². The Kier molecular flexibility index (Phi) is 7.19. The molecule has 9 nitrogen and oxygen atoms in total. The number of rotatable bonds is 6. The first-order valence-corrected chi connectivity index (χ1v) is 11.2.